The van der Waals surface area contributed by atoms with E-state index in [1.807, 2.05) is 41.2 Å². The highest BCUT2D eigenvalue weighted by atomic mass is 16.2. The molecule has 0 fully saturated rings. The van der Waals surface area contributed by atoms with Gasteiger partial charge in [-0.25, -0.2) is 0 Å². The van der Waals surface area contributed by atoms with E-state index in [0.717, 1.165) is 31.0 Å². The molecule has 25 heavy (non-hydrogen) atoms. The summed E-state index contributed by atoms with van der Waals surface area (Å²) in [7, 11) is 5.25. The van der Waals surface area contributed by atoms with Crippen molar-refractivity contribution < 1.29 is 4.79 Å². The Balaban J connectivity index is 1.73. The van der Waals surface area contributed by atoms with E-state index in [9.17, 15) is 4.79 Å². The van der Waals surface area contributed by atoms with Gasteiger partial charge in [-0.1, -0.05) is 12.1 Å². The Morgan fingerprint density at radius 1 is 1.24 bits per heavy atom. The van der Waals surface area contributed by atoms with Crippen LogP contribution in [0.15, 0.2) is 47.7 Å². The predicted molar refractivity (Wildman–Crippen MR) is 99.5 cm³/mol. The van der Waals surface area contributed by atoms with Crippen molar-refractivity contribution in [2.75, 3.05) is 27.7 Å². The van der Waals surface area contributed by atoms with Crippen LogP contribution in [0.2, 0.25) is 0 Å². The quantitative estimate of drug-likeness (QED) is 0.452. The van der Waals surface area contributed by atoms with E-state index in [1.165, 1.54) is 0 Å². The van der Waals surface area contributed by atoms with Crippen LogP contribution >= 0.6 is 0 Å². The van der Waals surface area contributed by atoms with Crippen molar-refractivity contribution in [2.45, 2.75) is 19.5 Å². The summed E-state index contributed by atoms with van der Waals surface area (Å²) >= 11 is 0. The van der Waals surface area contributed by atoms with Crippen LogP contribution in [-0.4, -0.2) is 54.2 Å². The van der Waals surface area contributed by atoms with Crippen LogP contribution in [0.25, 0.3) is 0 Å². The van der Waals surface area contributed by atoms with E-state index in [-0.39, 0.29) is 5.91 Å². The van der Waals surface area contributed by atoms with Gasteiger partial charge in [0.25, 0.3) is 5.91 Å². The van der Waals surface area contributed by atoms with Crippen LogP contribution in [0.1, 0.15) is 22.3 Å². The van der Waals surface area contributed by atoms with Gasteiger partial charge < -0.3 is 15.5 Å². The lowest BCUT2D eigenvalue weighted by molar-refractivity contribution is 0.0827. The number of guanidine groups is 1. The van der Waals surface area contributed by atoms with Crippen LogP contribution in [0.5, 0.6) is 0 Å². The summed E-state index contributed by atoms with van der Waals surface area (Å²) in [6.07, 6.45) is 4.70. The molecule has 1 aromatic heterocycles. The molecule has 0 aliphatic carbocycles. The van der Waals surface area contributed by atoms with Crippen molar-refractivity contribution in [3.8, 4) is 0 Å². The fraction of sp³-hybridized carbons (Fsp3) is 0.389. The molecule has 2 N–H and O–H groups in total. The highest BCUT2D eigenvalue weighted by Gasteiger charge is 2.07. The molecule has 0 spiro atoms. The van der Waals surface area contributed by atoms with Gasteiger partial charge in [0.2, 0.25) is 0 Å². The highest BCUT2D eigenvalue weighted by molar-refractivity contribution is 5.93. The lowest BCUT2D eigenvalue weighted by atomic mass is 10.1. The number of nitrogens with zero attached hydrogens (tertiary/aromatic N) is 4. The number of carbonyl (C=O) groups is 1. The van der Waals surface area contributed by atoms with E-state index < -0.39 is 0 Å². The first-order valence-corrected chi connectivity index (χ1v) is 8.32. The molecule has 2 rings (SSSR count). The maximum atomic E-state index is 11.9. The molecule has 1 amide bonds. The molecule has 1 aromatic carbocycles. The van der Waals surface area contributed by atoms with Gasteiger partial charge in [0.15, 0.2) is 5.96 Å². The largest absolute Gasteiger partial charge is 0.356 e. The molecule has 134 valence electrons. The Hall–Kier alpha value is -2.83. The number of aromatic nitrogens is 2. The number of aliphatic imine (C=N–C) groups is 1. The second kappa shape index (κ2) is 9.46. The van der Waals surface area contributed by atoms with E-state index in [0.29, 0.717) is 12.1 Å². The smallest absolute Gasteiger partial charge is 0.253 e. The van der Waals surface area contributed by atoms with Crippen molar-refractivity contribution in [3.05, 3.63) is 53.9 Å². The van der Waals surface area contributed by atoms with Crippen molar-refractivity contribution in [3.63, 3.8) is 0 Å². The molecule has 1 heterocycles. The Morgan fingerprint density at radius 3 is 2.60 bits per heavy atom. The molecule has 0 radical (unpaired) electrons. The Kier molecular flexibility index (Phi) is 7.00. The third-order valence-corrected chi connectivity index (χ3v) is 3.71. The third-order valence-electron chi connectivity index (χ3n) is 3.71. The van der Waals surface area contributed by atoms with Crippen LogP contribution in [0.3, 0.4) is 0 Å². The van der Waals surface area contributed by atoms with Gasteiger partial charge in [-0.15, -0.1) is 0 Å². The maximum absolute atomic E-state index is 11.9. The zero-order valence-corrected chi connectivity index (χ0v) is 15.1. The molecule has 0 bridgehead atoms. The molecule has 0 aliphatic rings. The Labute approximate surface area is 148 Å². The lowest BCUT2D eigenvalue weighted by Crippen LogP contribution is -2.37. The molecule has 0 atom stereocenters. The highest BCUT2D eigenvalue weighted by Crippen LogP contribution is 2.06. The molecule has 7 heteroatoms. The summed E-state index contributed by atoms with van der Waals surface area (Å²) in [5, 5.41) is 10.7. The molecule has 0 saturated heterocycles. The Bertz CT molecular complexity index is 676. The second-order valence-corrected chi connectivity index (χ2v) is 5.87. The summed E-state index contributed by atoms with van der Waals surface area (Å²) < 4.78 is 1.91. The van der Waals surface area contributed by atoms with Gasteiger partial charge >= 0.3 is 0 Å². The van der Waals surface area contributed by atoms with E-state index in [4.69, 9.17) is 0 Å². The fourth-order valence-corrected chi connectivity index (χ4v) is 2.31. The number of benzene rings is 1. The van der Waals surface area contributed by atoms with Crippen LogP contribution in [0.4, 0.5) is 0 Å². The van der Waals surface area contributed by atoms with Crippen molar-refractivity contribution >= 4 is 11.9 Å². The van der Waals surface area contributed by atoms with Crippen LogP contribution in [0, 0.1) is 0 Å². The van der Waals surface area contributed by atoms with Gasteiger partial charge in [-0.05, 0) is 30.2 Å². The molecule has 7 nitrogen and oxygen atoms in total. The first kappa shape index (κ1) is 18.5. The summed E-state index contributed by atoms with van der Waals surface area (Å²) in [5.41, 5.74) is 1.78. The minimum atomic E-state index is 0.00849. The van der Waals surface area contributed by atoms with Gasteiger partial charge in [0.05, 0.1) is 0 Å². The topological polar surface area (TPSA) is 74.5 Å². The average Bonchev–Trinajstić information content (AvgIpc) is 3.14. The Morgan fingerprint density at radius 2 is 2.00 bits per heavy atom. The molecule has 0 aliphatic heterocycles. The van der Waals surface area contributed by atoms with Crippen LogP contribution in [-0.2, 0) is 13.1 Å². The normalized spacial score (nSPS) is 11.2. The number of hydrogen-bond acceptors (Lipinski definition) is 3. The second-order valence-electron chi connectivity index (χ2n) is 5.87. The summed E-state index contributed by atoms with van der Waals surface area (Å²) in [6.45, 7) is 2.34. The number of nitrogens with one attached hydrogen (secondary N) is 2. The lowest BCUT2D eigenvalue weighted by Gasteiger charge is -2.13. The van der Waals surface area contributed by atoms with Gasteiger partial charge in [0, 0.05) is 58.7 Å². The third kappa shape index (κ3) is 5.95. The zero-order chi connectivity index (χ0) is 18.1. The number of carbonyl (C=O) groups excluding carboxylic acids is 1. The van der Waals surface area contributed by atoms with Crippen molar-refractivity contribution in [1.29, 1.82) is 0 Å². The zero-order valence-electron chi connectivity index (χ0n) is 15.1. The SMILES string of the molecule is CN=C(NCCCn1cccn1)NCc1ccc(C(=O)N(C)C)cc1. The average molecular weight is 342 g/mol. The number of rotatable bonds is 7. The number of hydrogen-bond donors (Lipinski definition) is 2. The molecule has 0 unspecified atom stereocenters. The molecular formula is C18H26N6O. The minimum Gasteiger partial charge on any atom is -0.356 e. The number of amides is 1. The minimum absolute atomic E-state index is 0.00849. The first-order valence-electron chi connectivity index (χ1n) is 8.32. The predicted octanol–water partition coefficient (Wildman–Crippen LogP) is 1.34. The summed E-state index contributed by atoms with van der Waals surface area (Å²) in [6, 6.07) is 9.52. The maximum Gasteiger partial charge on any atom is 0.253 e. The van der Waals surface area contributed by atoms with Gasteiger partial charge in [-0.2, -0.15) is 5.10 Å². The van der Waals surface area contributed by atoms with E-state index in [2.05, 4.69) is 20.7 Å². The van der Waals surface area contributed by atoms with Gasteiger partial charge in [-0.3, -0.25) is 14.5 Å². The monoisotopic (exact) mass is 342 g/mol. The van der Waals surface area contributed by atoms with Gasteiger partial charge in [0.1, 0.15) is 0 Å². The summed E-state index contributed by atoms with van der Waals surface area (Å²) in [4.78, 5) is 17.7. The van der Waals surface area contributed by atoms with Crippen molar-refractivity contribution in [2.24, 2.45) is 4.99 Å². The van der Waals surface area contributed by atoms with E-state index >= 15 is 0 Å². The fourth-order valence-electron chi connectivity index (χ4n) is 2.31. The van der Waals surface area contributed by atoms with Crippen LogP contribution < -0.4 is 10.6 Å². The molecule has 0 saturated carbocycles. The molecular weight excluding hydrogens is 316 g/mol. The summed E-state index contributed by atoms with van der Waals surface area (Å²) in [5.74, 6) is 0.767. The number of aryl methyl sites for hydroxylation is 1. The standard InChI is InChI=1S/C18H26N6O/c1-19-18(20-10-4-12-24-13-5-11-22-24)21-14-15-6-8-16(9-7-15)17(25)23(2)3/h5-9,11,13H,4,10,12,14H2,1-3H3,(H2,19,20,21). The molecule has 2 aromatic rings. The van der Waals surface area contributed by atoms with E-state index in [1.54, 1.807) is 32.2 Å². The first-order chi connectivity index (χ1) is 12.1. The van der Waals surface area contributed by atoms with Crippen molar-refractivity contribution in [1.82, 2.24) is 25.3 Å².